The molecule has 1 aromatic carbocycles. The maximum absolute atomic E-state index is 11.7. The van der Waals surface area contributed by atoms with Crippen molar-refractivity contribution in [1.29, 1.82) is 5.26 Å². The first-order valence-corrected chi connectivity index (χ1v) is 5.10. The van der Waals surface area contributed by atoms with E-state index in [0.717, 1.165) is 4.57 Å². The Balaban J connectivity index is 2.72. The van der Waals surface area contributed by atoms with Gasteiger partial charge in [-0.2, -0.15) is 5.26 Å². The molecule has 0 bridgehead atoms. The molecule has 2 N–H and O–H groups in total. The molecule has 0 atom stereocenters. The number of nitrogens with one attached hydrogen (secondary N) is 1. The molecular formula is C12H9N3O3. The van der Waals surface area contributed by atoms with Gasteiger partial charge >= 0.3 is 5.69 Å². The number of benzene rings is 1. The fourth-order valence-electron chi connectivity index (χ4n) is 1.54. The van der Waals surface area contributed by atoms with E-state index in [1.165, 1.54) is 31.2 Å². The zero-order chi connectivity index (χ0) is 13.3. The molecule has 0 aliphatic heterocycles. The van der Waals surface area contributed by atoms with Gasteiger partial charge in [0, 0.05) is 0 Å². The zero-order valence-corrected chi connectivity index (χ0v) is 9.47. The first kappa shape index (κ1) is 11.7. The molecule has 0 saturated carbocycles. The lowest BCUT2D eigenvalue weighted by Gasteiger charge is -2.09. The summed E-state index contributed by atoms with van der Waals surface area (Å²) in [5, 5.41) is 18.5. The smallest absolute Gasteiger partial charge is 0.335 e. The summed E-state index contributed by atoms with van der Waals surface area (Å²) >= 11 is 0. The molecule has 1 aromatic heterocycles. The summed E-state index contributed by atoms with van der Waals surface area (Å²) in [5.41, 5.74) is -0.488. The van der Waals surface area contributed by atoms with E-state index >= 15 is 0 Å². The van der Waals surface area contributed by atoms with Gasteiger partial charge in [0.1, 0.15) is 0 Å². The van der Waals surface area contributed by atoms with Crippen LogP contribution in [0.15, 0.2) is 33.9 Å². The van der Waals surface area contributed by atoms with Crippen LogP contribution in [-0.4, -0.2) is 14.7 Å². The van der Waals surface area contributed by atoms with Crippen molar-refractivity contribution in [2.75, 3.05) is 0 Å². The van der Waals surface area contributed by atoms with E-state index in [-0.39, 0.29) is 5.56 Å². The van der Waals surface area contributed by atoms with Crippen molar-refractivity contribution < 1.29 is 5.11 Å². The number of aromatic hydroxyl groups is 1. The highest BCUT2D eigenvalue weighted by Gasteiger charge is 2.11. The largest absolute Gasteiger partial charge is 0.494 e. The van der Waals surface area contributed by atoms with Gasteiger partial charge in [0.15, 0.2) is 0 Å². The van der Waals surface area contributed by atoms with Crippen molar-refractivity contribution in [3.05, 3.63) is 56.2 Å². The molecule has 2 aromatic rings. The van der Waals surface area contributed by atoms with Gasteiger partial charge in [0.25, 0.3) is 5.56 Å². The maximum Gasteiger partial charge on any atom is 0.335 e. The van der Waals surface area contributed by atoms with Gasteiger partial charge < -0.3 is 5.11 Å². The topological polar surface area (TPSA) is 98.9 Å². The molecule has 2 rings (SSSR count). The van der Waals surface area contributed by atoms with Crippen LogP contribution in [-0.2, 0) is 0 Å². The number of nitriles is 1. The van der Waals surface area contributed by atoms with Crippen LogP contribution in [0.25, 0.3) is 5.69 Å². The molecule has 6 nitrogen and oxygen atoms in total. The van der Waals surface area contributed by atoms with Gasteiger partial charge in [-0.25, -0.2) is 9.36 Å². The van der Waals surface area contributed by atoms with Gasteiger partial charge in [-0.3, -0.25) is 9.78 Å². The van der Waals surface area contributed by atoms with E-state index in [1.54, 1.807) is 0 Å². The van der Waals surface area contributed by atoms with Crippen LogP contribution in [0.3, 0.4) is 0 Å². The molecule has 0 aliphatic carbocycles. The summed E-state index contributed by atoms with van der Waals surface area (Å²) in [6.45, 7) is 1.41. The van der Waals surface area contributed by atoms with Crippen molar-refractivity contribution in [1.82, 2.24) is 9.55 Å². The third kappa shape index (κ3) is 1.78. The second kappa shape index (κ2) is 4.22. The van der Waals surface area contributed by atoms with Crippen LogP contribution >= 0.6 is 0 Å². The SMILES string of the molecule is Cc1c(O)n(-c2ccc(C#N)cc2)c(=O)[nH]c1=O. The van der Waals surface area contributed by atoms with Gasteiger partial charge in [-0.15, -0.1) is 0 Å². The number of H-pyrrole nitrogens is 1. The minimum absolute atomic E-state index is 0.0546. The summed E-state index contributed by atoms with van der Waals surface area (Å²) in [7, 11) is 0. The highest BCUT2D eigenvalue weighted by atomic mass is 16.3. The molecule has 1 heterocycles. The second-order valence-electron chi connectivity index (χ2n) is 3.70. The number of rotatable bonds is 1. The predicted octanol–water partition coefficient (Wildman–Crippen LogP) is 0.411. The third-order valence-corrected chi connectivity index (χ3v) is 2.57. The Morgan fingerprint density at radius 1 is 1.28 bits per heavy atom. The predicted molar refractivity (Wildman–Crippen MR) is 63.8 cm³/mol. The standard InChI is InChI=1S/C12H9N3O3/c1-7-10(16)14-12(18)15(11(7)17)9-4-2-8(6-13)3-5-9/h2-5,17H,1H3,(H,14,16,18). The highest BCUT2D eigenvalue weighted by Crippen LogP contribution is 2.15. The van der Waals surface area contributed by atoms with Gasteiger partial charge in [0.05, 0.1) is 22.9 Å². The summed E-state index contributed by atoms with van der Waals surface area (Å²) in [4.78, 5) is 25.0. The van der Waals surface area contributed by atoms with Crippen LogP contribution in [0, 0.1) is 18.3 Å². The summed E-state index contributed by atoms with van der Waals surface area (Å²) < 4.78 is 0.970. The molecule has 0 amide bonds. The summed E-state index contributed by atoms with van der Waals surface area (Å²) in [5.74, 6) is -0.409. The van der Waals surface area contributed by atoms with Gasteiger partial charge in [0.2, 0.25) is 5.88 Å². The fourth-order valence-corrected chi connectivity index (χ4v) is 1.54. The van der Waals surface area contributed by atoms with Crippen LogP contribution in [0.5, 0.6) is 5.88 Å². The first-order chi connectivity index (χ1) is 8.54. The van der Waals surface area contributed by atoms with Crippen LogP contribution in [0.2, 0.25) is 0 Å². The fraction of sp³-hybridized carbons (Fsp3) is 0.0833. The Kier molecular flexibility index (Phi) is 2.73. The number of hydrogen-bond acceptors (Lipinski definition) is 4. The number of aromatic amines is 1. The Labute approximate surface area is 101 Å². The molecule has 18 heavy (non-hydrogen) atoms. The van der Waals surface area contributed by atoms with Crippen molar-refractivity contribution in [2.45, 2.75) is 6.92 Å². The van der Waals surface area contributed by atoms with Crippen molar-refractivity contribution in [2.24, 2.45) is 0 Å². The second-order valence-corrected chi connectivity index (χ2v) is 3.70. The molecule has 6 heteroatoms. The molecule has 0 aliphatic rings. The minimum Gasteiger partial charge on any atom is -0.494 e. The average molecular weight is 243 g/mol. The molecule has 0 saturated heterocycles. The van der Waals surface area contributed by atoms with Crippen molar-refractivity contribution in [3.8, 4) is 17.6 Å². The Hall–Kier alpha value is -2.81. The number of nitrogens with zero attached hydrogens (tertiary/aromatic N) is 2. The summed E-state index contributed by atoms with van der Waals surface area (Å²) in [6, 6.07) is 8.00. The van der Waals surface area contributed by atoms with E-state index in [4.69, 9.17) is 5.26 Å². The molecular weight excluding hydrogens is 234 g/mol. The Bertz CT molecular complexity index is 748. The number of aromatic nitrogens is 2. The lowest BCUT2D eigenvalue weighted by atomic mass is 10.2. The average Bonchev–Trinajstić information content (AvgIpc) is 2.37. The number of hydrogen-bond donors (Lipinski definition) is 2. The van der Waals surface area contributed by atoms with Crippen LogP contribution in [0.4, 0.5) is 0 Å². The third-order valence-electron chi connectivity index (χ3n) is 2.57. The lowest BCUT2D eigenvalue weighted by Crippen LogP contribution is -2.30. The molecule has 0 spiro atoms. The van der Waals surface area contributed by atoms with E-state index in [0.29, 0.717) is 11.3 Å². The Morgan fingerprint density at radius 2 is 1.89 bits per heavy atom. The highest BCUT2D eigenvalue weighted by molar-refractivity contribution is 5.42. The van der Waals surface area contributed by atoms with E-state index in [9.17, 15) is 14.7 Å². The minimum atomic E-state index is -0.729. The normalized spacial score (nSPS) is 10.0. The van der Waals surface area contributed by atoms with Crippen LogP contribution in [0.1, 0.15) is 11.1 Å². The zero-order valence-electron chi connectivity index (χ0n) is 9.47. The first-order valence-electron chi connectivity index (χ1n) is 5.10. The molecule has 90 valence electrons. The monoisotopic (exact) mass is 243 g/mol. The summed E-state index contributed by atoms with van der Waals surface area (Å²) in [6.07, 6.45) is 0. The Morgan fingerprint density at radius 3 is 2.44 bits per heavy atom. The van der Waals surface area contributed by atoms with Crippen molar-refractivity contribution >= 4 is 0 Å². The van der Waals surface area contributed by atoms with Crippen LogP contribution < -0.4 is 11.2 Å². The quantitative estimate of drug-likeness (QED) is 0.757. The van der Waals surface area contributed by atoms with Gasteiger partial charge in [-0.1, -0.05) is 0 Å². The van der Waals surface area contributed by atoms with E-state index in [1.807, 2.05) is 6.07 Å². The van der Waals surface area contributed by atoms with Crippen molar-refractivity contribution in [3.63, 3.8) is 0 Å². The maximum atomic E-state index is 11.7. The molecule has 0 fully saturated rings. The lowest BCUT2D eigenvalue weighted by molar-refractivity contribution is 0.426. The van der Waals surface area contributed by atoms with E-state index < -0.39 is 17.1 Å². The molecule has 0 radical (unpaired) electrons. The van der Waals surface area contributed by atoms with Gasteiger partial charge in [-0.05, 0) is 31.2 Å². The molecule has 0 unspecified atom stereocenters. The van der Waals surface area contributed by atoms with E-state index in [2.05, 4.69) is 4.98 Å².